The van der Waals surface area contributed by atoms with E-state index in [-0.39, 0.29) is 12.4 Å². The van der Waals surface area contributed by atoms with Crippen LogP contribution in [-0.4, -0.2) is 23.6 Å². The normalized spacial score (nSPS) is 12.8. The Kier molecular flexibility index (Phi) is 3.61. The van der Waals surface area contributed by atoms with Crippen molar-refractivity contribution in [2.24, 2.45) is 10.8 Å². The molecule has 3 rings (SSSR count). The number of carbonyl (C=O) groups is 1. The Hall–Kier alpha value is -3.09. The van der Waals surface area contributed by atoms with E-state index in [2.05, 4.69) is 5.10 Å². The topological polar surface area (TPSA) is 95.9 Å². The first kappa shape index (κ1) is 14.8. The molecule has 1 amide bonds. The van der Waals surface area contributed by atoms with Gasteiger partial charge in [0.05, 0.1) is 6.21 Å². The van der Waals surface area contributed by atoms with Crippen LogP contribution in [0.4, 0.5) is 0 Å². The second kappa shape index (κ2) is 5.60. The number of aromatic nitrogens is 1. The summed E-state index contributed by atoms with van der Waals surface area (Å²) in [6.07, 6.45) is 1.51. The molecule has 1 aromatic carbocycles. The second-order valence-corrected chi connectivity index (χ2v) is 5.18. The van der Waals surface area contributed by atoms with E-state index in [9.17, 15) is 9.59 Å². The Labute approximate surface area is 131 Å². The molecule has 1 aliphatic rings. The standard InChI is InChI=1S/C16H15N3O4/c1-9-5-10(2)19(16(21)14(9)15(17)20)18-7-11-3-4-12-13(6-11)23-8-22-12/h3-7H,8H2,1-2H3,(H2,17,20)/b18-7-. The van der Waals surface area contributed by atoms with Crippen LogP contribution in [0, 0.1) is 13.8 Å². The van der Waals surface area contributed by atoms with Crippen LogP contribution in [0.1, 0.15) is 27.2 Å². The maximum atomic E-state index is 12.4. The number of primary amides is 1. The summed E-state index contributed by atoms with van der Waals surface area (Å²) in [5.74, 6) is 0.529. The molecule has 7 nitrogen and oxygen atoms in total. The number of hydrogen-bond acceptors (Lipinski definition) is 5. The first-order chi connectivity index (χ1) is 11.0. The van der Waals surface area contributed by atoms with Gasteiger partial charge in [0.1, 0.15) is 5.56 Å². The van der Waals surface area contributed by atoms with Crippen molar-refractivity contribution in [1.82, 2.24) is 4.68 Å². The lowest BCUT2D eigenvalue weighted by atomic mass is 10.1. The van der Waals surface area contributed by atoms with Gasteiger partial charge in [0, 0.05) is 5.69 Å². The summed E-state index contributed by atoms with van der Waals surface area (Å²) in [6.45, 7) is 3.59. The zero-order valence-electron chi connectivity index (χ0n) is 12.7. The Morgan fingerprint density at radius 1 is 1.26 bits per heavy atom. The average molecular weight is 313 g/mol. The minimum atomic E-state index is -0.764. The highest BCUT2D eigenvalue weighted by Gasteiger charge is 2.15. The van der Waals surface area contributed by atoms with Crippen molar-refractivity contribution in [3.63, 3.8) is 0 Å². The summed E-state index contributed by atoms with van der Waals surface area (Å²) < 4.78 is 11.7. The maximum Gasteiger partial charge on any atom is 0.284 e. The molecule has 0 fully saturated rings. The van der Waals surface area contributed by atoms with E-state index in [0.29, 0.717) is 22.8 Å². The predicted molar refractivity (Wildman–Crippen MR) is 84.3 cm³/mol. The molecule has 2 aromatic rings. The van der Waals surface area contributed by atoms with Crippen LogP contribution in [0.5, 0.6) is 11.5 Å². The maximum absolute atomic E-state index is 12.4. The number of ether oxygens (including phenoxy) is 2. The Morgan fingerprint density at radius 2 is 2.00 bits per heavy atom. The zero-order chi connectivity index (χ0) is 16.6. The molecule has 23 heavy (non-hydrogen) atoms. The lowest BCUT2D eigenvalue weighted by Gasteiger charge is -2.08. The quantitative estimate of drug-likeness (QED) is 0.860. The van der Waals surface area contributed by atoms with Crippen LogP contribution < -0.4 is 20.8 Å². The van der Waals surface area contributed by atoms with Crippen LogP contribution in [0.25, 0.3) is 0 Å². The lowest BCUT2D eigenvalue weighted by Crippen LogP contribution is -2.30. The number of carbonyl (C=O) groups excluding carboxylic acids is 1. The molecule has 118 valence electrons. The number of aryl methyl sites for hydroxylation is 2. The number of amides is 1. The summed E-state index contributed by atoms with van der Waals surface area (Å²) in [5.41, 5.74) is 6.56. The second-order valence-electron chi connectivity index (χ2n) is 5.18. The van der Waals surface area contributed by atoms with Gasteiger partial charge in [0.2, 0.25) is 6.79 Å². The van der Waals surface area contributed by atoms with E-state index in [4.69, 9.17) is 15.2 Å². The fraction of sp³-hybridized carbons (Fsp3) is 0.188. The third-order valence-electron chi connectivity index (χ3n) is 3.53. The summed E-state index contributed by atoms with van der Waals surface area (Å²) in [4.78, 5) is 23.8. The van der Waals surface area contributed by atoms with Gasteiger partial charge in [-0.15, -0.1) is 0 Å². The summed E-state index contributed by atoms with van der Waals surface area (Å²) >= 11 is 0. The van der Waals surface area contributed by atoms with E-state index < -0.39 is 11.5 Å². The molecule has 0 radical (unpaired) electrons. The number of nitrogens with two attached hydrogens (primary N) is 1. The SMILES string of the molecule is Cc1cc(C)n(/N=C\c2ccc3c(c2)OCO3)c(=O)c1C(N)=O. The summed E-state index contributed by atoms with van der Waals surface area (Å²) in [7, 11) is 0. The third-order valence-corrected chi connectivity index (χ3v) is 3.53. The number of rotatable bonds is 3. The first-order valence-electron chi connectivity index (χ1n) is 6.94. The number of nitrogens with zero attached hydrogens (tertiary/aromatic N) is 2. The molecule has 0 aliphatic carbocycles. The molecule has 0 unspecified atom stereocenters. The highest BCUT2D eigenvalue weighted by molar-refractivity contribution is 5.94. The van der Waals surface area contributed by atoms with Gasteiger partial charge in [0.15, 0.2) is 11.5 Å². The van der Waals surface area contributed by atoms with Gasteiger partial charge in [0.25, 0.3) is 11.5 Å². The molecular weight excluding hydrogens is 298 g/mol. The smallest absolute Gasteiger partial charge is 0.284 e. The largest absolute Gasteiger partial charge is 0.454 e. The number of hydrogen-bond donors (Lipinski definition) is 1. The van der Waals surface area contributed by atoms with E-state index in [1.54, 1.807) is 38.1 Å². The van der Waals surface area contributed by atoms with Crippen LogP contribution in [0.2, 0.25) is 0 Å². The van der Waals surface area contributed by atoms with Gasteiger partial charge < -0.3 is 15.2 Å². The highest BCUT2D eigenvalue weighted by Crippen LogP contribution is 2.31. The van der Waals surface area contributed by atoms with Gasteiger partial charge >= 0.3 is 0 Å². The van der Waals surface area contributed by atoms with Crippen LogP contribution in [-0.2, 0) is 0 Å². The van der Waals surface area contributed by atoms with E-state index >= 15 is 0 Å². The van der Waals surface area contributed by atoms with Crippen molar-refractivity contribution >= 4 is 12.1 Å². The molecular formula is C16H15N3O4. The molecule has 2 N–H and O–H groups in total. The van der Waals surface area contributed by atoms with Crippen LogP contribution >= 0.6 is 0 Å². The zero-order valence-corrected chi connectivity index (χ0v) is 12.7. The van der Waals surface area contributed by atoms with E-state index in [0.717, 1.165) is 10.2 Å². The van der Waals surface area contributed by atoms with Crippen molar-refractivity contribution in [3.05, 3.63) is 57.0 Å². The Balaban J connectivity index is 2.01. The van der Waals surface area contributed by atoms with Gasteiger partial charge in [-0.3, -0.25) is 9.59 Å². The number of pyridine rings is 1. The van der Waals surface area contributed by atoms with Crippen molar-refractivity contribution < 1.29 is 14.3 Å². The first-order valence-corrected chi connectivity index (χ1v) is 6.94. The lowest BCUT2D eigenvalue weighted by molar-refractivity contribution is 0.0997. The minimum absolute atomic E-state index is 0.0570. The van der Waals surface area contributed by atoms with Gasteiger partial charge in [-0.1, -0.05) is 0 Å². The van der Waals surface area contributed by atoms with Crippen molar-refractivity contribution in [2.45, 2.75) is 13.8 Å². The minimum Gasteiger partial charge on any atom is -0.454 e. The third kappa shape index (κ3) is 2.68. The molecule has 1 aromatic heterocycles. The fourth-order valence-corrected chi connectivity index (χ4v) is 2.44. The predicted octanol–water partition coefficient (Wildman–Crippen LogP) is 1.17. The van der Waals surface area contributed by atoms with Crippen LogP contribution in [0.3, 0.4) is 0 Å². The number of benzene rings is 1. The Morgan fingerprint density at radius 3 is 2.74 bits per heavy atom. The van der Waals surface area contributed by atoms with Crippen LogP contribution in [0.15, 0.2) is 34.2 Å². The molecule has 1 aliphatic heterocycles. The van der Waals surface area contributed by atoms with Crippen molar-refractivity contribution in [1.29, 1.82) is 0 Å². The molecule has 0 saturated carbocycles. The van der Waals surface area contributed by atoms with Gasteiger partial charge in [-0.25, -0.2) is 4.68 Å². The molecule has 0 saturated heterocycles. The van der Waals surface area contributed by atoms with Crippen molar-refractivity contribution in [3.8, 4) is 11.5 Å². The summed E-state index contributed by atoms with van der Waals surface area (Å²) in [6, 6.07) is 7.01. The monoisotopic (exact) mass is 313 g/mol. The number of fused-ring (bicyclic) bond motifs is 1. The van der Waals surface area contributed by atoms with Gasteiger partial charge in [-0.2, -0.15) is 5.10 Å². The molecule has 2 heterocycles. The molecule has 0 spiro atoms. The highest BCUT2D eigenvalue weighted by atomic mass is 16.7. The summed E-state index contributed by atoms with van der Waals surface area (Å²) in [5, 5.41) is 4.16. The van der Waals surface area contributed by atoms with Crippen molar-refractivity contribution in [2.75, 3.05) is 6.79 Å². The molecule has 7 heteroatoms. The fourth-order valence-electron chi connectivity index (χ4n) is 2.44. The van der Waals surface area contributed by atoms with Gasteiger partial charge in [-0.05, 0) is 49.2 Å². The average Bonchev–Trinajstić information content (AvgIpc) is 2.93. The Bertz CT molecular complexity index is 884. The van der Waals surface area contributed by atoms with E-state index in [1.807, 2.05) is 0 Å². The van der Waals surface area contributed by atoms with E-state index in [1.165, 1.54) is 6.21 Å². The molecule has 0 atom stereocenters. The molecule has 0 bridgehead atoms.